The molecule has 4 rings (SSSR count). The molecule has 3 aromatic rings. The average Bonchev–Trinajstić information content (AvgIpc) is 3.24. The van der Waals surface area contributed by atoms with Gasteiger partial charge in [-0.2, -0.15) is 0 Å². The molecule has 1 N–H and O–H groups in total. The van der Waals surface area contributed by atoms with Gasteiger partial charge in [-0.25, -0.2) is 9.97 Å². The fourth-order valence-electron chi connectivity index (χ4n) is 3.24. The lowest BCUT2D eigenvalue weighted by atomic mass is 10.0. The van der Waals surface area contributed by atoms with Gasteiger partial charge in [-0.05, 0) is 55.3 Å². The summed E-state index contributed by atoms with van der Waals surface area (Å²) < 4.78 is 2.02. The first kappa shape index (κ1) is 16.3. The minimum absolute atomic E-state index is 0.0153. The van der Waals surface area contributed by atoms with Crippen LogP contribution in [0.25, 0.3) is 5.69 Å². The number of anilines is 1. The van der Waals surface area contributed by atoms with Crippen molar-refractivity contribution in [2.75, 3.05) is 18.0 Å². The van der Waals surface area contributed by atoms with Crippen LogP contribution >= 0.6 is 0 Å². The highest BCUT2D eigenvalue weighted by molar-refractivity contribution is 5.94. The molecule has 132 valence electrons. The lowest BCUT2D eigenvalue weighted by Gasteiger charge is -2.32. The Morgan fingerprint density at radius 1 is 0.962 bits per heavy atom. The van der Waals surface area contributed by atoms with E-state index < -0.39 is 0 Å². The maximum atomic E-state index is 12.5. The Morgan fingerprint density at radius 3 is 2.27 bits per heavy atom. The van der Waals surface area contributed by atoms with Gasteiger partial charge in [-0.15, -0.1) is 0 Å². The zero-order chi connectivity index (χ0) is 17.8. The van der Waals surface area contributed by atoms with E-state index in [1.54, 1.807) is 12.4 Å². The van der Waals surface area contributed by atoms with Crippen molar-refractivity contribution in [3.05, 3.63) is 72.8 Å². The first-order valence-electron chi connectivity index (χ1n) is 8.86. The Kier molecular flexibility index (Phi) is 4.64. The molecule has 2 aromatic heterocycles. The maximum Gasteiger partial charge on any atom is 0.251 e. The number of benzene rings is 1. The van der Waals surface area contributed by atoms with Gasteiger partial charge in [0.05, 0.1) is 0 Å². The van der Waals surface area contributed by atoms with E-state index in [-0.39, 0.29) is 11.9 Å². The number of rotatable bonds is 4. The van der Waals surface area contributed by atoms with Crippen molar-refractivity contribution in [1.29, 1.82) is 0 Å². The largest absolute Gasteiger partial charge is 0.349 e. The van der Waals surface area contributed by atoms with Crippen LogP contribution in [0.4, 0.5) is 5.95 Å². The van der Waals surface area contributed by atoms with E-state index in [0.717, 1.165) is 37.6 Å². The second-order valence-corrected chi connectivity index (χ2v) is 6.42. The predicted octanol–water partition coefficient (Wildman–Crippen LogP) is 2.67. The fourth-order valence-corrected chi connectivity index (χ4v) is 3.24. The van der Waals surface area contributed by atoms with Crippen LogP contribution in [0.1, 0.15) is 23.2 Å². The number of aromatic nitrogens is 3. The molecule has 1 amide bonds. The molecule has 1 aromatic carbocycles. The summed E-state index contributed by atoms with van der Waals surface area (Å²) in [7, 11) is 0. The van der Waals surface area contributed by atoms with Gasteiger partial charge in [0.1, 0.15) is 0 Å². The van der Waals surface area contributed by atoms with Crippen molar-refractivity contribution < 1.29 is 4.79 Å². The first-order chi connectivity index (χ1) is 12.8. The lowest BCUT2D eigenvalue weighted by Crippen LogP contribution is -2.45. The van der Waals surface area contributed by atoms with E-state index in [2.05, 4.69) is 20.2 Å². The molecule has 3 heterocycles. The second-order valence-electron chi connectivity index (χ2n) is 6.42. The topological polar surface area (TPSA) is 63.1 Å². The molecule has 1 aliphatic heterocycles. The summed E-state index contributed by atoms with van der Waals surface area (Å²) in [5, 5.41) is 3.15. The molecule has 0 radical (unpaired) electrons. The smallest absolute Gasteiger partial charge is 0.251 e. The summed E-state index contributed by atoms with van der Waals surface area (Å²) in [6.45, 7) is 1.70. The number of nitrogens with zero attached hydrogens (tertiary/aromatic N) is 4. The highest BCUT2D eigenvalue weighted by atomic mass is 16.1. The van der Waals surface area contributed by atoms with Gasteiger partial charge in [0.15, 0.2) is 0 Å². The molecule has 1 aliphatic rings. The van der Waals surface area contributed by atoms with E-state index in [9.17, 15) is 4.79 Å². The molecule has 0 atom stereocenters. The van der Waals surface area contributed by atoms with Crippen LogP contribution in [-0.4, -0.2) is 39.6 Å². The molecule has 1 fully saturated rings. The molecular weight excluding hydrogens is 326 g/mol. The number of piperidine rings is 1. The zero-order valence-corrected chi connectivity index (χ0v) is 14.5. The SMILES string of the molecule is O=C(NC1CCN(c2ncccn2)CC1)c1ccc(-n2cccc2)cc1. The Labute approximate surface area is 152 Å². The van der Waals surface area contributed by atoms with Crippen molar-refractivity contribution in [2.45, 2.75) is 18.9 Å². The molecule has 0 bridgehead atoms. The van der Waals surface area contributed by atoms with E-state index in [0.29, 0.717) is 5.56 Å². The van der Waals surface area contributed by atoms with Crippen LogP contribution < -0.4 is 10.2 Å². The van der Waals surface area contributed by atoms with Crippen LogP contribution in [0.15, 0.2) is 67.3 Å². The summed E-state index contributed by atoms with van der Waals surface area (Å²) in [4.78, 5) is 23.2. The van der Waals surface area contributed by atoms with Gasteiger partial charge < -0.3 is 14.8 Å². The van der Waals surface area contributed by atoms with Crippen LogP contribution in [0.2, 0.25) is 0 Å². The van der Waals surface area contributed by atoms with E-state index in [4.69, 9.17) is 0 Å². The minimum Gasteiger partial charge on any atom is -0.349 e. The fraction of sp³-hybridized carbons (Fsp3) is 0.250. The third kappa shape index (κ3) is 3.59. The molecule has 0 aliphatic carbocycles. The van der Waals surface area contributed by atoms with Gasteiger partial charge in [-0.1, -0.05) is 0 Å². The highest BCUT2D eigenvalue weighted by Crippen LogP contribution is 2.16. The first-order valence-corrected chi connectivity index (χ1v) is 8.86. The molecule has 6 nitrogen and oxygen atoms in total. The quantitative estimate of drug-likeness (QED) is 0.788. The van der Waals surface area contributed by atoms with Crippen LogP contribution in [0, 0.1) is 0 Å². The van der Waals surface area contributed by atoms with Crippen LogP contribution in [0.5, 0.6) is 0 Å². The summed E-state index contributed by atoms with van der Waals surface area (Å²) in [5.41, 5.74) is 1.73. The predicted molar refractivity (Wildman–Crippen MR) is 101 cm³/mol. The van der Waals surface area contributed by atoms with Crippen molar-refractivity contribution in [1.82, 2.24) is 19.9 Å². The van der Waals surface area contributed by atoms with Crippen molar-refractivity contribution in [3.63, 3.8) is 0 Å². The lowest BCUT2D eigenvalue weighted by molar-refractivity contribution is 0.0931. The van der Waals surface area contributed by atoms with E-state index >= 15 is 0 Å². The summed E-state index contributed by atoms with van der Waals surface area (Å²) in [5.74, 6) is 0.747. The summed E-state index contributed by atoms with van der Waals surface area (Å²) >= 11 is 0. The number of carbonyl (C=O) groups excluding carboxylic acids is 1. The summed E-state index contributed by atoms with van der Waals surface area (Å²) in [6.07, 6.45) is 9.27. The summed E-state index contributed by atoms with van der Waals surface area (Å²) in [6, 6.07) is 13.6. The van der Waals surface area contributed by atoms with Gasteiger partial charge >= 0.3 is 0 Å². The maximum absolute atomic E-state index is 12.5. The average molecular weight is 347 g/mol. The van der Waals surface area contributed by atoms with Crippen LogP contribution in [-0.2, 0) is 0 Å². The Balaban J connectivity index is 1.33. The number of hydrogen-bond acceptors (Lipinski definition) is 4. The van der Waals surface area contributed by atoms with Gasteiger partial charge in [0.2, 0.25) is 5.95 Å². The molecule has 6 heteroatoms. The molecular formula is C20H21N5O. The standard InChI is InChI=1S/C20H21N5O/c26-19(16-4-6-18(7-5-16)24-12-1-2-13-24)23-17-8-14-25(15-9-17)20-21-10-3-11-22-20/h1-7,10-13,17H,8-9,14-15H2,(H,23,26). The van der Waals surface area contributed by atoms with E-state index in [1.807, 2.05) is 59.4 Å². The highest BCUT2D eigenvalue weighted by Gasteiger charge is 2.22. The third-order valence-corrected chi connectivity index (χ3v) is 4.70. The van der Waals surface area contributed by atoms with E-state index in [1.165, 1.54) is 0 Å². The molecule has 1 saturated heterocycles. The number of hydrogen-bond donors (Lipinski definition) is 1. The minimum atomic E-state index is -0.0153. The van der Waals surface area contributed by atoms with Gasteiger partial charge in [-0.3, -0.25) is 4.79 Å². The number of carbonyl (C=O) groups is 1. The normalized spacial score (nSPS) is 15.0. The van der Waals surface area contributed by atoms with Crippen molar-refractivity contribution in [2.24, 2.45) is 0 Å². The third-order valence-electron chi connectivity index (χ3n) is 4.70. The molecule has 0 unspecified atom stereocenters. The molecule has 26 heavy (non-hydrogen) atoms. The van der Waals surface area contributed by atoms with Crippen molar-refractivity contribution >= 4 is 11.9 Å². The van der Waals surface area contributed by atoms with Gasteiger partial charge in [0.25, 0.3) is 5.91 Å². The number of nitrogens with one attached hydrogen (secondary N) is 1. The van der Waals surface area contributed by atoms with Crippen LogP contribution in [0.3, 0.4) is 0 Å². The zero-order valence-electron chi connectivity index (χ0n) is 14.5. The number of amides is 1. The Bertz CT molecular complexity index is 838. The molecule has 0 saturated carbocycles. The monoisotopic (exact) mass is 347 g/mol. The second kappa shape index (κ2) is 7.39. The Morgan fingerprint density at radius 2 is 1.62 bits per heavy atom. The molecule has 0 spiro atoms. The Hall–Kier alpha value is -3.15. The van der Waals surface area contributed by atoms with Gasteiger partial charge in [0, 0.05) is 55.2 Å². The van der Waals surface area contributed by atoms with Crippen molar-refractivity contribution in [3.8, 4) is 5.69 Å².